The second-order valence-electron chi connectivity index (χ2n) is 6.88. The monoisotopic (exact) mass is 326 g/mol. The van der Waals surface area contributed by atoms with E-state index in [2.05, 4.69) is 6.92 Å². The molecule has 126 valence electrons. The molecule has 0 saturated heterocycles. The van der Waals surface area contributed by atoms with Gasteiger partial charge in [0.25, 0.3) is 0 Å². The Bertz CT molecular complexity index is 595. The second kappa shape index (κ2) is 5.95. The van der Waals surface area contributed by atoms with Crippen molar-refractivity contribution in [3.05, 3.63) is 41.0 Å². The van der Waals surface area contributed by atoms with Crippen molar-refractivity contribution >= 4 is 6.08 Å². The minimum atomic E-state index is -4.13. The molecule has 1 fully saturated rings. The van der Waals surface area contributed by atoms with Crippen molar-refractivity contribution in [1.29, 1.82) is 0 Å². The first-order chi connectivity index (χ1) is 10.8. The van der Waals surface area contributed by atoms with Crippen LogP contribution < -0.4 is 0 Å². The summed E-state index contributed by atoms with van der Waals surface area (Å²) >= 11 is 0. The number of benzene rings is 1. The average molecular weight is 326 g/mol. The second-order valence-corrected chi connectivity index (χ2v) is 6.88. The third kappa shape index (κ3) is 2.92. The predicted molar refractivity (Wildman–Crippen MR) is 83.9 cm³/mol. The van der Waals surface area contributed by atoms with Gasteiger partial charge < -0.3 is 0 Å². The molecule has 0 heterocycles. The Kier molecular flexibility index (Phi) is 4.28. The Balaban J connectivity index is 1.81. The Morgan fingerprint density at radius 2 is 1.74 bits per heavy atom. The van der Waals surface area contributed by atoms with Crippen LogP contribution >= 0.6 is 0 Å². The van der Waals surface area contributed by atoms with Crippen molar-refractivity contribution in [2.45, 2.75) is 63.2 Å². The maximum absolute atomic E-state index is 13.9. The number of halogens is 4. The van der Waals surface area contributed by atoms with Crippen LogP contribution in [0.25, 0.3) is 6.08 Å². The lowest BCUT2D eigenvalue weighted by molar-refractivity contribution is -0.187. The van der Waals surface area contributed by atoms with E-state index in [1.54, 1.807) is 12.1 Å². The fourth-order valence-corrected chi connectivity index (χ4v) is 3.93. The quantitative estimate of drug-likeness (QED) is 0.555. The van der Waals surface area contributed by atoms with Crippen LogP contribution in [-0.4, -0.2) is 5.92 Å². The smallest absolute Gasteiger partial charge is 0.195 e. The molecule has 0 bridgehead atoms. The lowest BCUT2D eigenvalue weighted by atomic mass is 9.76. The topological polar surface area (TPSA) is 0 Å². The van der Waals surface area contributed by atoms with Gasteiger partial charge in [-0.2, -0.15) is 17.6 Å². The lowest BCUT2D eigenvalue weighted by Crippen LogP contribution is -2.38. The zero-order valence-electron chi connectivity index (χ0n) is 13.3. The summed E-state index contributed by atoms with van der Waals surface area (Å²) in [6.07, 6.45) is 8.36. The summed E-state index contributed by atoms with van der Waals surface area (Å²) in [6.45, 7) is 2.19. The van der Waals surface area contributed by atoms with E-state index in [1.807, 2.05) is 0 Å². The number of hydrogen-bond acceptors (Lipinski definition) is 0. The van der Waals surface area contributed by atoms with E-state index in [1.165, 1.54) is 31.7 Å². The summed E-state index contributed by atoms with van der Waals surface area (Å²) < 4.78 is 54.6. The number of alkyl halides is 4. The van der Waals surface area contributed by atoms with E-state index < -0.39 is 17.4 Å². The molecule has 1 aromatic rings. The normalized spacial score (nSPS) is 28.4. The summed E-state index contributed by atoms with van der Waals surface area (Å²) in [5.41, 5.74) is 0.673. The molecule has 0 nitrogen and oxygen atoms in total. The van der Waals surface area contributed by atoms with Gasteiger partial charge in [-0.1, -0.05) is 44.0 Å². The van der Waals surface area contributed by atoms with Gasteiger partial charge in [0.15, 0.2) is 0 Å². The molecular formula is C19H22F4. The maximum Gasteiger partial charge on any atom is 0.339 e. The fourth-order valence-electron chi connectivity index (χ4n) is 3.93. The summed E-state index contributed by atoms with van der Waals surface area (Å²) in [5, 5.41) is 0. The molecule has 1 aromatic carbocycles. The molecule has 2 aliphatic rings. The van der Waals surface area contributed by atoms with Crippen molar-refractivity contribution in [2.24, 2.45) is 5.92 Å². The number of fused-ring (bicyclic) bond motifs is 1. The average Bonchev–Trinajstić information content (AvgIpc) is 2.52. The van der Waals surface area contributed by atoms with Crippen LogP contribution in [0.2, 0.25) is 0 Å². The lowest BCUT2D eigenvalue weighted by Gasteiger charge is -2.31. The van der Waals surface area contributed by atoms with Crippen LogP contribution in [0.15, 0.2) is 24.3 Å². The fraction of sp³-hybridized carbons (Fsp3) is 0.579. The van der Waals surface area contributed by atoms with Crippen molar-refractivity contribution < 1.29 is 17.6 Å². The van der Waals surface area contributed by atoms with Crippen molar-refractivity contribution in [3.8, 4) is 0 Å². The highest BCUT2D eigenvalue weighted by atomic mass is 19.3. The van der Waals surface area contributed by atoms with Crippen molar-refractivity contribution in [3.63, 3.8) is 0 Å². The molecule has 0 aromatic heterocycles. The third-order valence-electron chi connectivity index (χ3n) is 5.32. The predicted octanol–water partition coefficient (Wildman–Crippen LogP) is 6.51. The minimum Gasteiger partial charge on any atom is -0.195 e. The summed E-state index contributed by atoms with van der Waals surface area (Å²) in [6, 6.07) is 4.49. The number of hydrogen-bond donors (Lipinski definition) is 0. The highest BCUT2D eigenvalue weighted by Gasteiger charge is 2.58. The van der Waals surface area contributed by atoms with E-state index in [0.29, 0.717) is 12.0 Å². The maximum atomic E-state index is 13.9. The highest BCUT2D eigenvalue weighted by molar-refractivity contribution is 5.61. The molecule has 0 N–H and O–H groups in total. The summed E-state index contributed by atoms with van der Waals surface area (Å²) in [4.78, 5) is 0. The minimum absolute atomic E-state index is 0.231. The Labute approximate surface area is 134 Å². The first-order valence-corrected chi connectivity index (χ1v) is 8.44. The van der Waals surface area contributed by atoms with Gasteiger partial charge in [-0.25, -0.2) is 0 Å². The van der Waals surface area contributed by atoms with Gasteiger partial charge in [-0.05, 0) is 54.7 Å². The van der Waals surface area contributed by atoms with E-state index in [4.69, 9.17) is 0 Å². The van der Waals surface area contributed by atoms with Gasteiger partial charge in [0.05, 0.1) is 0 Å². The van der Waals surface area contributed by atoms with Crippen LogP contribution in [0.5, 0.6) is 0 Å². The Hall–Kier alpha value is -1.32. The van der Waals surface area contributed by atoms with Crippen LogP contribution in [0, 0.1) is 5.92 Å². The van der Waals surface area contributed by atoms with E-state index >= 15 is 0 Å². The number of allylic oxidation sites excluding steroid dienone is 1. The van der Waals surface area contributed by atoms with Gasteiger partial charge in [-0.15, -0.1) is 0 Å². The molecule has 4 heteroatoms. The van der Waals surface area contributed by atoms with Crippen LogP contribution in [0.1, 0.15) is 68.1 Å². The molecule has 0 atom stereocenters. The van der Waals surface area contributed by atoms with Crippen LogP contribution in [0.4, 0.5) is 17.6 Å². The zero-order chi connectivity index (χ0) is 16.7. The van der Waals surface area contributed by atoms with E-state index in [0.717, 1.165) is 30.4 Å². The standard InChI is InChI=1S/C19H22F4/c1-2-3-13-4-6-14(7-5-13)15-8-9-17-16(12-15)10-11-18(20,21)19(17,22)23/h8-14H,2-7H2,1H3/t13-,14-. The first kappa shape index (κ1) is 16.5. The molecule has 0 unspecified atom stereocenters. The van der Waals surface area contributed by atoms with Gasteiger partial charge in [0.1, 0.15) is 0 Å². The van der Waals surface area contributed by atoms with Crippen LogP contribution in [0.3, 0.4) is 0 Å². The zero-order valence-corrected chi connectivity index (χ0v) is 13.3. The molecule has 0 radical (unpaired) electrons. The molecule has 1 saturated carbocycles. The van der Waals surface area contributed by atoms with Gasteiger partial charge in [-0.3, -0.25) is 0 Å². The van der Waals surface area contributed by atoms with Gasteiger partial charge in [0, 0.05) is 5.56 Å². The molecular weight excluding hydrogens is 304 g/mol. The molecule has 0 spiro atoms. The third-order valence-corrected chi connectivity index (χ3v) is 5.32. The largest absolute Gasteiger partial charge is 0.339 e. The molecule has 23 heavy (non-hydrogen) atoms. The summed E-state index contributed by atoms with van der Waals surface area (Å²) in [5.74, 6) is -7.11. The van der Waals surface area contributed by atoms with Crippen LogP contribution in [-0.2, 0) is 5.92 Å². The summed E-state index contributed by atoms with van der Waals surface area (Å²) in [7, 11) is 0. The van der Waals surface area contributed by atoms with Crippen molar-refractivity contribution in [2.75, 3.05) is 0 Å². The van der Waals surface area contributed by atoms with Gasteiger partial charge >= 0.3 is 11.8 Å². The SMILES string of the molecule is CCC[C@H]1CC[C@H](c2ccc3c(c2)C=CC(F)(F)C3(F)F)CC1. The molecule has 2 aliphatic carbocycles. The molecule has 0 aliphatic heterocycles. The Morgan fingerprint density at radius 3 is 2.39 bits per heavy atom. The van der Waals surface area contributed by atoms with Crippen molar-refractivity contribution in [1.82, 2.24) is 0 Å². The molecule has 3 rings (SSSR count). The number of rotatable bonds is 3. The van der Waals surface area contributed by atoms with Gasteiger partial charge in [0.2, 0.25) is 0 Å². The molecule has 0 amide bonds. The first-order valence-electron chi connectivity index (χ1n) is 8.44. The van der Waals surface area contributed by atoms with E-state index in [-0.39, 0.29) is 5.56 Å². The Morgan fingerprint density at radius 1 is 1.04 bits per heavy atom. The van der Waals surface area contributed by atoms with E-state index in [9.17, 15) is 17.6 Å². The highest BCUT2D eigenvalue weighted by Crippen LogP contribution is 2.49.